The maximum Gasteiger partial charge on any atom is 0.236 e. The molecule has 0 bridgehead atoms. The molecule has 2 rings (SSSR count). The molecule has 2 unspecified atom stereocenters. The molecule has 4 heteroatoms. The van der Waals surface area contributed by atoms with Gasteiger partial charge >= 0.3 is 0 Å². The molecular formula is C14H21N3O. The predicted octanol–water partition coefficient (Wildman–Crippen LogP) is 1.15. The Morgan fingerprint density at radius 1 is 1.28 bits per heavy atom. The first-order valence-electron chi connectivity index (χ1n) is 6.25. The van der Waals surface area contributed by atoms with Gasteiger partial charge in [-0.15, -0.1) is 0 Å². The number of rotatable bonds is 3. The lowest BCUT2D eigenvalue weighted by molar-refractivity contribution is -0.130. The Kier molecular flexibility index (Phi) is 3.68. The van der Waals surface area contributed by atoms with E-state index in [-0.39, 0.29) is 18.0 Å². The fourth-order valence-electron chi connectivity index (χ4n) is 2.53. The molecule has 0 aliphatic heterocycles. The summed E-state index contributed by atoms with van der Waals surface area (Å²) in [5.41, 5.74) is 8.62. The number of hydrogen-bond acceptors (Lipinski definition) is 3. The highest BCUT2D eigenvalue weighted by Crippen LogP contribution is 2.39. The number of nitrogens with zero attached hydrogens (tertiary/aromatic N) is 2. The lowest BCUT2D eigenvalue weighted by Crippen LogP contribution is -2.36. The van der Waals surface area contributed by atoms with Crippen LogP contribution in [0.4, 0.5) is 0 Å². The summed E-state index contributed by atoms with van der Waals surface area (Å²) >= 11 is 0. The van der Waals surface area contributed by atoms with Crippen molar-refractivity contribution in [1.29, 1.82) is 0 Å². The first-order chi connectivity index (χ1) is 8.50. The number of fused-ring (bicyclic) bond motifs is 1. The van der Waals surface area contributed by atoms with E-state index < -0.39 is 0 Å². The minimum Gasteiger partial charge on any atom is -0.348 e. The van der Waals surface area contributed by atoms with Crippen molar-refractivity contribution in [2.24, 2.45) is 5.73 Å². The van der Waals surface area contributed by atoms with Crippen LogP contribution in [0.1, 0.15) is 29.6 Å². The maximum absolute atomic E-state index is 11.8. The van der Waals surface area contributed by atoms with Crippen molar-refractivity contribution in [2.75, 3.05) is 27.7 Å². The zero-order valence-electron chi connectivity index (χ0n) is 11.3. The van der Waals surface area contributed by atoms with Gasteiger partial charge in [0, 0.05) is 26.2 Å². The van der Waals surface area contributed by atoms with Gasteiger partial charge < -0.3 is 10.6 Å². The van der Waals surface area contributed by atoms with E-state index in [2.05, 4.69) is 17.0 Å². The Hall–Kier alpha value is -1.39. The van der Waals surface area contributed by atoms with Crippen LogP contribution in [0.3, 0.4) is 0 Å². The highest BCUT2D eigenvalue weighted by atomic mass is 16.2. The van der Waals surface area contributed by atoms with Crippen molar-refractivity contribution in [3.8, 4) is 0 Å². The van der Waals surface area contributed by atoms with Crippen LogP contribution in [0.25, 0.3) is 0 Å². The van der Waals surface area contributed by atoms with Crippen molar-refractivity contribution in [3.05, 3.63) is 35.4 Å². The third-order valence-corrected chi connectivity index (χ3v) is 3.65. The van der Waals surface area contributed by atoms with Crippen molar-refractivity contribution >= 4 is 5.91 Å². The summed E-state index contributed by atoms with van der Waals surface area (Å²) in [6, 6.07) is 8.59. The van der Waals surface area contributed by atoms with E-state index >= 15 is 0 Å². The normalized spacial score (nSPS) is 22.1. The molecule has 2 atom stereocenters. The van der Waals surface area contributed by atoms with Crippen LogP contribution in [-0.2, 0) is 4.79 Å². The van der Waals surface area contributed by atoms with E-state index in [1.54, 1.807) is 19.0 Å². The Balaban J connectivity index is 2.14. The first kappa shape index (κ1) is 13.1. The molecule has 0 saturated carbocycles. The second-order valence-electron chi connectivity index (χ2n) is 5.19. The third-order valence-electron chi connectivity index (χ3n) is 3.65. The molecule has 0 spiro atoms. The standard InChI is InChI=1S/C14H21N3O/c1-16(2)14(18)9-17(3)13-8-12(15)10-6-4-5-7-11(10)13/h4-7,12-13H,8-9,15H2,1-3H3. The van der Waals surface area contributed by atoms with E-state index in [1.165, 1.54) is 11.1 Å². The van der Waals surface area contributed by atoms with E-state index in [1.807, 2.05) is 19.2 Å². The summed E-state index contributed by atoms with van der Waals surface area (Å²) < 4.78 is 0. The molecule has 1 aliphatic rings. The summed E-state index contributed by atoms with van der Waals surface area (Å²) in [6.07, 6.45) is 0.885. The average Bonchev–Trinajstić information content (AvgIpc) is 2.67. The van der Waals surface area contributed by atoms with E-state index in [0.29, 0.717) is 6.54 Å². The minimum atomic E-state index is 0.0862. The SMILES string of the molecule is CN(C)C(=O)CN(C)C1CC(N)c2ccccc21. The Labute approximate surface area is 108 Å². The quantitative estimate of drug-likeness (QED) is 0.871. The van der Waals surface area contributed by atoms with Crippen LogP contribution in [0.2, 0.25) is 0 Å². The molecule has 18 heavy (non-hydrogen) atoms. The average molecular weight is 247 g/mol. The van der Waals surface area contributed by atoms with Gasteiger partial charge in [0.15, 0.2) is 0 Å². The summed E-state index contributed by atoms with van der Waals surface area (Å²) in [4.78, 5) is 15.5. The fourth-order valence-corrected chi connectivity index (χ4v) is 2.53. The third kappa shape index (κ3) is 2.40. The number of nitrogens with two attached hydrogens (primary N) is 1. The number of hydrogen-bond donors (Lipinski definition) is 1. The van der Waals surface area contributed by atoms with Crippen molar-refractivity contribution < 1.29 is 4.79 Å². The van der Waals surface area contributed by atoms with Gasteiger partial charge in [0.1, 0.15) is 0 Å². The van der Waals surface area contributed by atoms with Crippen LogP contribution >= 0.6 is 0 Å². The molecule has 0 radical (unpaired) electrons. The van der Waals surface area contributed by atoms with Gasteiger partial charge in [-0.2, -0.15) is 0 Å². The summed E-state index contributed by atoms with van der Waals surface area (Å²) in [7, 11) is 5.55. The smallest absolute Gasteiger partial charge is 0.236 e. The number of carbonyl (C=O) groups excluding carboxylic acids is 1. The maximum atomic E-state index is 11.8. The van der Waals surface area contributed by atoms with Gasteiger partial charge in [-0.25, -0.2) is 0 Å². The molecule has 1 amide bonds. The summed E-state index contributed by atoms with van der Waals surface area (Å²) in [5.74, 6) is 0.121. The van der Waals surface area contributed by atoms with Crippen molar-refractivity contribution in [3.63, 3.8) is 0 Å². The largest absolute Gasteiger partial charge is 0.348 e. The molecular weight excluding hydrogens is 226 g/mol. The Morgan fingerprint density at radius 3 is 2.50 bits per heavy atom. The number of benzene rings is 1. The van der Waals surface area contributed by atoms with Crippen molar-refractivity contribution in [2.45, 2.75) is 18.5 Å². The zero-order chi connectivity index (χ0) is 13.3. The van der Waals surface area contributed by atoms with Crippen LogP contribution in [0.5, 0.6) is 0 Å². The second kappa shape index (κ2) is 5.08. The van der Waals surface area contributed by atoms with Crippen LogP contribution in [0, 0.1) is 0 Å². The number of likely N-dealkylation sites (N-methyl/N-ethyl adjacent to an activating group) is 2. The van der Waals surface area contributed by atoms with Gasteiger partial charge in [-0.05, 0) is 24.6 Å². The van der Waals surface area contributed by atoms with E-state index in [4.69, 9.17) is 5.73 Å². The Bertz CT molecular complexity index is 444. The fraction of sp³-hybridized carbons (Fsp3) is 0.500. The molecule has 0 aromatic heterocycles. The highest BCUT2D eigenvalue weighted by molar-refractivity contribution is 5.77. The molecule has 2 N–H and O–H groups in total. The van der Waals surface area contributed by atoms with Crippen LogP contribution in [0.15, 0.2) is 24.3 Å². The minimum absolute atomic E-state index is 0.0862. The van der Waals surface area contributed by atoms with E-state index in [0.717, 1.165) is 6.42 Å². The summed E-state index contributed by atoms with van der Waals surface area (Å²) in [5, 5.41) is 0. The van der Waals surface area contributed by atoms with Gasteiger partial charge in [0.2, 0.25) is 5.91 Å². The van der Waals surface area contributed by atoms with Crippen molar-refractivity contribution in [1.82, 2.24) is 9.80 Å². The molecule has 1 aromatic carbocycles. The van der Waals surface area contributed by atoms with Gasteiger partial charge in [-0.3, -0.25) is 9.69 Å². The number of carbonyl (C=O) groups is 1. The Morgan fingerprint density at radius 2 is 1.89 bits per heavy atom. The second-order valence-corrected chi connectivity index (χ2v) is 5.19. The topological polar surface area (TPSA) is 49.6 Å². The molecule has 4 nitrogen and oxygen atoms in total. The molecule has 1 aromatic rings. The number of amides is 1. The lowest BCUT2D eigenvalue weighted by atomic mass is 10.1. The predicted molar refractivity (Wildman–Crippen MR) is 72.1 cm³/mol. The lowest BCUT2D eigenvalue weighted by Gasteiger charge is -2.26. The summed E-state index contributed by atoms with van der Waals surface area (Å²) in [6.45, 7) is 0.429. The van der Waals surface area contributed by atoms with Gasteiger partial charge in [0.25, 0.3) is 0 Å². The molecule has 98 valence electrons. The van der Waals surface area contributed by atoms with Crippen LogP contribution in [-0.4, -0.2) is 43.4 Å². The first-order valence-corrected chi connectivity index (χ1v) is 6.25. The zero-order valence-corrected chi connectivity index (χ0v) is 11.3. The molecule has 0 saturated heterocycles. The molecule has 0 heterocycles. The highest BCUT2D eigenvalue weighted by Gasteiger charge is 2.31. The van der Waals surface area contributed by atoms with Gasteiger partial charge in [0.05, 0.1) is 6.54 Å². The molecule has 1 aliphatic carbocycles. The molecule has 0 fully saturated rings. The van der Waals surface area contributed by atoms with Crippen LogP contribution < -0.4 is 5.73 Å². The van der Waals surface area contributed by atoms with Gasteiger partial charge in [-0.1, -0.05) is 24.3 Å². The monoisotopic (exact) mass is 247 g/mol. The van der Waals surface area contributed by atoms with E-state index in [9.17, 15) is 4.79 Å².